The highest BCUT2D eigenvalue weighted by Crippen LogP contribution is 2.39. The molecule has 2 rings (SSSR count). The molecule has 1 N–H and O–H groups in total. The molecular formula is C58H103BrN2O4. The maximum Gasteiger partial charge on any atom is 0.336 e. The van der Waals surface area contributed by atoms with Gasteiger partial charge in [0.1, 0.15) is 6.54 Å². The van der Waals surface area contributed by atoms with Gasteiger partial charge in [-0.05, 0) is 39.2 Å². The number of dihydropyridines is 1. The molecule has 6 nitrogen and oxygen atoms in total. The molecule has 65 heavy (non-hydrogen) atoms. The van der Waals surface area contributed by atoms with Crippen LogP contribution in [0.15, 0.2) is 47.1 Å². The van der Waals surface area contributed by atoms with Crippen LogP contribution in [0.2, 0.25) is 0 Å². The van der Waals surface area contributed by atoms with Crippen molar-refractivity contribution in [3.8, 4) is 0 Å². The van der Waals surface area contributed by atoms with Crippen molar-refractivity contribution in [3.05, 3.63) is 52.6 Å². The highest BCUT2D eigenvalue weighted by Gasteiger charge is 2.39. The van der Waals surface area contributed by atoms with Gasteiger partial charge in [0.15, 0.2) is 12.4 Å². The minimum atomic E-state index is -0.547. The first kappa shape index (κ1) is 60.9. The predicted molar refractivity (Wildman–Crippen MR) is 272 cm³/mol. The van der Waals surface area contributed by atoms with E-state index in [4.69, 9.17) is 9.47 Å². The maximum absolute atomic E-state index is 14.1. The topological polar surface area (TPSA) is 68.5 Å². The Labute approximate surface area is 412 Å². The van der Waals surface area contributed by atoms with Gasteiger partial charge in [0, 0.05) is 29.4 Å². The third-order valence-corrected chi connectivity index (χ3v) is 13.6. The third kappa shape index (κ3) is 30.1. The number of allylic oxidation sites excluding steroid dienone is 2. The number of hydrogen-bond donors (Lipinski definition) is 1. The molecule has 1 aliphatic heterocycles. The Morgan fingerprint density at radius 1 is 0.462 bits per heavy atom. The molecule has 0 spiro atoms. The normalized spacial score (nSPS) is 13.0. The van der Waals surface area contributed by atoms with E-state index < -0.39 is 5.92 Å². The molecule has 0 bridgehead atoms. The fourth-order valence-electron chi connectivity index (χ4n) is 9.58. The van der Waals surface area contributed by atoms with Crippen LogP contribution in [0.5, 0.6) is 0 Å². The van der Waals surface area contributed by atoms with E-state index >= 15 is 0 Å². The van der Waals surface area contributed by atoms with Crippen molar-refractivity contribution >= 4 is 11.9 Å². The molecule has 376 valence electrons. The summed E-state index contributed by atoms with van der Waals surface area (Å²) in [7, 11) is 0. The Hall–Kier alpha value is -2.15. The van der Waals surface area contributed by atoms with Crippen LogP contribution < -0.4 is 26.9 Å². The SMILES string of the molecule is CCCCCCCCCCCCCCCC[n+]1cccc(C2C(C(=O)OCCCCCCCCCCCCCC)=C(C)NC(C)=C2C(=O)OCCCCCCCCCCCCCC)c1.[Br-]. The van der Waals surface area contributed by atoms with E-state index in [1.165, 1.54) is 212 Å². The fraction of sp³-hybridized carbons (Fsp3) is 0.810. The fourth-order valence-corrected chi connectivity index (χ4v) is 9.58. The second kappa shape index (κ2) is 43.2. The number of unbranched alkanes of at least 4 members (excludes halogenated alkanes) is 35. The van der Waals surface area contributed by atoms with Gasteiger partial charge in [-0.25, -0.2) is 14.2 Å². The first-order valence-corrected chi connectivity index (χ1v) is 28.0. The first-order chi connectivity index (χ1) is 31.4. The van der Waals surface area contributed by atoms with Crippen molar-refractivity contribution in [1.29, 1.82) is 0 Å². The Balaban J connectivity index is 0.0000211. The van der Waals surface area contributed by atoms with Gasteiger partial charge >= 0.3 is 11.9 Å². The Morgan fingerprint density at radius 2 is 0.754 bits per heavy atom. The van der Waals surface area contributed by atoms with E-state index in [9.17, 15) is 9.59 Å². The number of pyridine rings is 1. The Morgan fingerprint density at radius 3 is 1.08 bits per heavy atom. The molecule has 0 aromatic carbocycles. The van der Waals surface area contributed by atoms with Gasteiger partial charge in [0.2, 0.25) is 0 Å². The summed E-state index contributed by atoms with van der Waals surface area (Å²) in [5.41, 5.74) is 3.49. The molecule has 1 aromatic rings. The summed E-state index contributed by atoms with van der Waals surface area (Å²) in [4.78, 5) is 28.1. The number of nitrogens with one attached hydrogen (secondary N) is 1. The van der Waals surface area contributed by atoms with Crippen molar-refractivity contribution in [2.45, 2.75) is 291 Å². The number of aryl methyl sites for hydroxylation is 1. The number of ether oxygens (including phenoxy) is 2. The smallest absolute Gasteiger partial charge is 0.336 e. The second-order valence-electron chi connectivity index (χ2n) is 19.7. The molecule has 0 unspecified atom stereocenters. The molecule has 0 fully saturated rings. The molecule has 0 saturated heterocycles. The van der Waals surface area contributed by atoms with Gasteiger partial charge in [-0.3, -0.25) is 0 Å². The summed E-state index contributed by atoms with van der Waals surface area (Å²) in [6, 6.07) is 4.13. The highest BCUT2D eigenvalue weighted by molar-refractivity contribution is 5.99. The van der Waals surface area contributed by atoms with E-state index in [0.717, 1.165) is 55.6 Å². The molecule has 2 heterocycles. The zero-order valence-corrected chi connectivity index (χ0v) is 44.9. The van der Waals surface area contributed by atoms with Crippen molar-refractivity contribution in [2.24, 2.45) is 0 Å². The van der Waals surface area contributed by atoms with Crippen LogP contribution in [0, 0.1) is 0 Å². The van der Waals surface area contributed by atoms with Crippen LogP contribution in [0.3, 0.4) is 0 Å². The molecule has 1 aromatic heterocycles. The number of halogens is 1. The molecule has 1 aliphatic rings. The number of nitrogens with zero attached hydrogens (tertiary/aromatic N) is 1. The lowest BCUT2D eigenvalue weighted by molar-refractivity contribution is -0.697. The minimum Gasteiger partial charge on any atom is -1.00 e. The van der Waals surface area contributed by atoms with Crippen LogP contribution in [0.1, 0.15) is 290 Å². The Kier molecular flexibility index (Phi) is 40.4. The quantitative estimate of drug-likeness (QED) is 0.0401. The van der Waals surface area contributed by atoms with E-state index in [1.54, 1.807) is 0 Å². The third-order valence-electron chi connectivity index (χ3n) is 13.6. The van der Waals surface area contributed by atoms with Gasteiger partial charge in [0.05, 0.1) is 30.3 Å². The van der Waals surface area contributed by atoms with Crippen LogP contribution in [0.25, 0.3) is 0 Å². The van der Waals surface area contributed by atoms with Crippen LogP contribution >= 0.6 is 0 Å². The van der Waals surface area contributed by atoms with Gasteiger partial charge in [-0.15, -0.1) is 0 Å². The predicted octanol–water partition coefficient (Wildman–Crippen LogP) is 14.2. The Bertz CT molecular complexity index is 1310. The summed E-state index contributed by atoms with van der Waals surface area (Å²) < 4.78 is 14.3. The first-order valence-electron chi connectivity index (χ1n) is 28.0. The number of hydrogen-bond acceptors (Lipinski definition) is 5. The number of carbonyl (C=O) groups is 2. The molecule has 0 saturated carbocycles. The second-order valence-corrected chi connectivity index (χ2v) is 19.7. The van der Waals surface area contributed by atoms with Crippen molar-refractivity contribution < 1.29 is 40.6 Å². The molecule has 7 heteroatoms. The molecule has 0 amide bonds. The molecule has 0 radical (unpaired) electrons. The van der Waals surface area contributed by atoms with E-state index in [2.05, 4.69) is 55.2 Å². The van der Waals surface area contributed by atoms with Crippen molar-refractivity contribution in [1.82, 2.24) is 5.32 Å². The number of carbonyl (C=O) groups excluding carboxylic acids is 2. The largest absolute Gasteiger partial charge is 1.00 e. The van der Waals surface area contributed by atoms with Crippen molar-refractivity contribution in [2.75, 3.05) is 13.2 Å². The summed E-state index contributed by atoms with van der Waals surface area (Å²) in [6.45, 7) is 12.4. The van der Waals surface area contributed by atoms with E-state index in [-0.39, 0.29) is 28.9 Å². The zero-order chi connectivity index (χ0) is 46.1. The van der Waals surface area contributed by atoms with Gasteiger partial charge < -0.3 is 31.8 Å². The summed E-state index contributed by atoms with van der Waals surface area (Å²) in [5, 5.41) is 3.39. The average molecular weight is 972 g/mol. The highest BCUT2D eigenvalue weighted by atomic mass is 79.9. The van der Waals surface area contributed by atoms with Crippen LogP contribution in [0.4, 0.5) is 0 Å². The van der Waals surface area contributed by atoms with E-state index in [1.807, 2.05) is 13.8 Å². The van der Waals surface area contributed by atoms with Crippen LogP contribution in [-0.4, -0.2) is 25.2 Å². The zero-order valence-electron chi connectivity index (χ0n) is 43.3. The number of aromatic nitrogens is 1. The lowest BCUT2D eigenvalue weighted by Gasteiger charge is -2.30. The minimum absolute atomic E-state index is 0. The number of esters is 2. The standard InChI is InChI=1S/C58H102N2O4.BrH/c1-6-9-12-15-18-21-24-27-28-29-32-35-38-41-46-60-47-44-45-53(50-60)56-54(57(61)63-48-42-39-36-33-30-25-22-19-16-13-10-7-2)51(4)59-52(5)55(56)58(62)64-49-43-40-37-34-31-26-23-20-17-14-11-8-3;/h44-45,47,50,56H,6-43,46,48-49H2,1-5H3;1H. The van der Waals surface area contributed by atoms with Gasteiger partial charge in [0.25, 0.3) is 0 Å². The lowest BCUT2D eigenvalue weighted by atomic mass is 9.81. The van der Waals surface area contributed by atoms with Crippen molar-refractivity contribution in [3.63, 3.8) is 0 Å². The molecule has 0 atom stereocenters. The maximum atomic E-state index is 14.1. The summed E-state index contributed by atoms with van der Waals surface area (Å²) in [5.74, 6) is -1.22. The van der Waals surface area contributed by atoms with Crippen LogP contribution in [-0.2, 0) is 25.6 Å². The average Bonchev–Trinajstić information content (AvgIpc) is 3.29. The lowest BCUT2D eigenvalue weighted by Crippen LogP contribution is -3.00. The van der Waals surface area contributed by atoms with Gasteiger partial charge in [-0.1, -0.05) is 239 Å². The monoisotopic (exact) mass is 971 g/mol. The summed E-state index contributed by atoms with van der Waals surface area (Å²) in [6.07, 6.45) is 53.4. The summed E-state index contributed by atoms with van der Waals surface area (Å²) >= 11 is 0. The molecule has 0 aliphatic carbocycles. The molecular weight excluding hydrogens is 869 g/mol. The van der Waals surface area contributed by atoms with E-state index in [0.29, 0.717) is 24.4 Å². The van der Waals surface area contributed by atoms with Gasteiger partial charge in [-0.2, -0.15) is 0 Å². The number of rotatable bonds is 44.